The maximum absolute atomic E-state index is 13.5. The lowest BCUT2D eigenvalue weighted by molar-refractivity contribution is -0.177. The number of alkyl halides is 3. The molecule has 1 N–H and O–H groups in total. The molecule has 42 heavy (non-hydrogen) atoms. The highest BCUT2D eigenvalue weighted by molar-refractivity contribution is 6.30. The van der Waals surface area contributed by atoms with E-state index < -0.39 is 53.9 Å². The number of carbonyl (C=O) groups excluding carboxylic acids is 4. The maximum atomic E-state index is 13.5. The second-order valence-corrected chi connectivity index (χ2v) is 11.8. The van der Waals surface area contributed by atoms with E-state index in [1.54, 1.807) is 31.2 Å². The van der Waals surface area contributed by atoms with E-state index in [1.165, 1.54) is 33.1 Å². The summed E-state index contributed by atoms with van der Waals surface area (Å²) < 4.78 is 44.9. The number of hydrogen-bond acceptors (Lipinski definition) is 5. The normalized spacial score (nSPS) is 16.6. The van der Waals surface area contributed by atoms with Gasteiger partial charge in [-0.25, -0.2) is 0 Å². The SMILES string of the molecule is COc1ccc([C@H](NC(=O)[C@H](C)CC(=O)[C@H](c2ccc(Cl)cc2)C2CCC2)C(=O)C[C@H](C(=O)C(F)(F)F)C(C)C)cc1. The minimum atomic E-state index is -5.09. The summed E-state index contributed by atoms with van der Waals surface area (Å²) in [4.78, 5) is 52.4. The number of rotatable bonds is 14. The summed E-state index contributed by atoms with van der Waals surface area (Å²) in [6, 6.07) is 12.0. The monoisotopic (exact) mass is 607 g/mol. The Balaban J connectivity index is 1.81. The van der Waals surface area contributed by atoms with Gasteiger partial charge in [0, 0.05) is 35.6 Å². The quantitative estimate of drug-likeness (QED) is 0.249. The first-order valence-corrected chi connectivity index (χ1v) is 14.5. The summed E-state index contributed by atoms with van der Waals surface area (Å²) in [5.74, 6) is -6.33. The number of amides is 1. The van der Waals surface area contributed by atoms with Gasteiger partial charge in [-0.15, -0.1) is 0 Å². The molecule has 1 saturated carbocycles. The van der Waals surface area contributed by atoms with Crippen LogP contribution < -0.4 is 10.1 Å². The number of hydrogen-bond donors (Lipinski definition) is 1. The third-order valence-electron chi connectivity index (χ3n) is 8.05. The van der Waals surface area contributed by atoms with Crippen LogP contribution in [0, 0.1) is 23.7 Å². The molecule has 0 spiro atoms. The number of nitrogens with one attached hydrogen (secondary N) is 1. The number of carbonyl (C=O) groups is 4. The molecule has 1 fully saturated rings. The van der Waals surface area contributed by atoms with Crippen LogP contribution >= 0.6 is 11.6 Å². The van der Waals surface area contributed by atoms with Crippen LogP contribution in [0.5, 0.6) is 5.75 Å². The second kappa shape index (κ2) is 14.3. The number of ketones is 3. The third kappa shape index (κ3) is 8.43. The summed E-state index contributed by atoms with van der Waals surface area (Å²) in [7, 11) is 1.45. The molecule has 0 saturated heterocycles. The van der Waals surface area contributed by atoms with Crippen LogP contribution in [0.4, 0.5) is 13.2 Å². The Labute approximate surface area is 249 Å². The topological polar surface area (TPSA) is 89.5 Å². The first-order valence-electron chi connectivity index (χ1n) is 14.1. The van der Waals surface area contributed by atoms with Crippen molar-refractivity contribution in [2.75, 3.05) is 7.11 Å². The molecule has 228 valence electrons. The minimum Gasteiger partial charge on any atom is -0.497 e. The van der Waals surface area contributed by atoms with E-state index >= 15 is 0 Å². The van der Waals surface area contributed by atoms with Crippen LogP contribution in [-0.2, 0) is 19.2 Å². The van der Waals surface area contributed by atoms with E-state index in [1.807, 2.05) is 12.1 Å². The van der Waals surface area contributed by atoms with Gasteiger partial charge in [0.1, 0.15) is 17.6 Å². The Kier molecular flexibility index (Phi) is 11.4. The minimum absolute atomic E-state index is 0.0830. The van der Waals surface area contributed by atoms with E-state index in [9.17, 15) is 32.3 Å². The van der Waals surface area contributed by atoms with Gasteiger partial charge in [0.05, 0.1) is 7.11 Å². The summed E-state index contributed by atoms with van der Waals surface area (Å²) in [5.41, 5.74) is 1.16. The Morgan fingerprint density at radius 3 is 1.95 bits per heavy atom. The molecule has 0 bridgehead atoms. The van der Waals surface area contributed by atoms with Crippen LogP contribution in [0.15, 0.2) is 48.5 Å². The van der Waals surface area contributed by atoms with Gasteiger partial charge >= 0.3 is 6.18 Å². The highest BCUT2D eigenvalue weighted by Gasteiger charge is 2.45. The van der Waals surface area contributed by atoms with E-state index in [-0.39, 0.29) is 24.0 Å². The average molecular weight is 608 g/mol. The summed E-state index contributed by atoms with van der Waals surface area (Å²) in [6.45, 7) is 4.46. The molecule has 1 aliphatic carbocycles. The summed E-state index contributed by atoms with van der Waals surface area (Å²) in [5, 5.41) is 3.20. The molecule has 0 heterocycles. The molecule has 0 unspecified atom stereocenters. The van der Waals surface area contributed by atoms with Crippen molar-refractivity contribution in [1.29, 1.82) is 0 Å². The Morgan fingerprint density at radius 1 is 0.905 bits per heavy atom. The van der Waals surface area contributed by atoms with Crippen molar-refractivity contribution in [2.24, 2.45) is 23.7 Å². The lowest BCUT2D eigenvalue weighted by Gasteiger charge is -2.34. The van der Waals surface area contributed by atoms with Gasteiger partial charge in [-0.2, -0.15) is 13.2 Å². The first kappa shape index (κ1) is 33.3. The number of methoxy groups -OCH3 is 1. The zero-order valence-corrected chi connectivity index (χ0v) is 24.9. The third-order valence-corrected chi connectivity index (χ3v) is 8.30. The van der Waals surface area contributed by atoms with E-state index in [0.717, 1.165) is 24.8 Å². The smallest absolute Gasteiger partial charge is 0.450 e. The van der Waals surface area contributed by atoms with Crippen LogP contribution in [0.3, 0.4) is 0 Å². The fourth-order valence-corrected chi connectivity index (χ4v) is 5.42. The van der Waals surface area contributed by atoms with Crippen LogP contribution in [0.25, 0.3) is 0 Å². The van der Waals surface area contributed by atoms with Gasteiger partial charge < -0.3 is 10.1 Å². The Hall–Kier alpha value is -3.20. The standard InChI is InChI=1S/C32H37ClF3NO5/c1-18(2)25(30(40)32(34,35)36)17-27(39)29(22-10-14-24(42-4)15-11-22)37-31(41)19(3)16-26(38)28(20-6-5-7-20)21-8-12-23(33)13-9-21/h8-15,18-20,25,28-29H,5-7,16-17H2,1-4H3,(H,37,41)/t19-,25+,28+,29+/m1/s1. The predicted molar refractivity (Wildman–Crippen MR) is 153 cm³/mol. The highest BCUT2D eigenvalue weighted by Crippen LogP contribution is 2.41. The molecular weight excluding hydrogens is 571 g/mol. The van der Waals surface area contributed by atoms with E-state index in [4.69, 9.17) is 16.3 Å². The van der Waals surface area contributed by atoms with Gasteiger partial charge in [0.15, 0.2) is 5.78 Å². The maximum Gasteiger partial charge on any atom is 0.450 e. The van der Waals surface area contributed by atoms with Gasteiger partial charge in [-0.1, -0.05) is 63.1 Å². The summed E-state index contributed by atoms with van der Waals surface area (Å²) in [6.07, 6.45) is -3.05. The molecule has 6 nitrogen and oxygen atoms in total. The molecule has 2 aromatic rings. The van der Waals surface area contributed by atoms with Crippen molar-refractivity contribution >= 4 is 34.9 Å². The number of benzene rings is 2. The van der Waals surface area contributed by atoms with E-state index in [2.05, 4.69) is 5.32 Å². The van der Waals surface area contributed by atoms with Crippen molar-refractivity contribution in [3.8, 4) is 5.75 Å². The molecule has 2 aromatic carbocycles. The molecule has 1 amide bonds. The molecular formula is C32H37ClF3NO5. The van der Waals surface area contributed by atoms with Crippen LogP contribution in [0.2, 0.25) is 5.02 Å². The highest BCUT2D eigenvalue weighted by atomic mass is 35.5. The van der Waals surface area contributed by atoms with Crippen molar-refractivity contribution in [2.45, 2.75) is 71.0 Å². The first-order chi connectivity index (χ1) is 19.7. The van der Waals surface area contributed by atoms with Crippen molar-refractivity contribution in [3.63, 3.8) is 0 Å². The summed E-state index contributed by atoms with van der Waals surface area (Å²) >= 11 is 6.03. The van der Waals surface area contributed by atoms with Crippen molar-refractivity contribution in [1.82, 2.24) is 5.32 Å². The fourth-order valence-electron chi connectivity index (χ4n) is 5.29. The zero-order valence-electron chi connectivity index (χ0n) is 24.2. The van der Waals surface area contributed by atoms with Gasteiger partial charge in [0.25, 0.3) is 0 Å². The second-order valence-electron chi connectivity index (χ2n) is 11.4. The average Bonchev–Trinajstić information content (AvgIpc) is 2.91. The molecule has 4 atom stereocenters. The Morgan fingerprint density at radius 2 is 1.48 bits per heavy atom. The van der Waals surface area contributed by atoms with Crippen LogP contribution in [-0.4, -0.2) is 36.5 Å². The van der Waals surface area contributed by atoms with Crippen LogP contribution in [0.1, 0.15) is 76.0 Å². The predicted octanol–water partition coefficient (Wildman–Crippen LogP) is 7.05. The molecule has 0 aliphatic heterocycles. The molecule has 3 rings (SSSR count). The lowest BCUT2D eigenvalue weighted by atomic mass is 9.70. The fraction of sp³-hybridized carbons (Fsp3) is 0.500. The van der Waals surface area contributed by atoms with Crippen molar-refractivity contribution < 1.29 is 37.1 Å². The largest absolute Gasteiger partial charge is 0.497 e. The van der Waals surface area contributed by atoms with Gasteiger partial charge in [0.2, 0.25) is 11.7 Å². The van der Waals surface area contributed by atoms with Crippen molar-refractivity contribution in [3.05, 3.63) is 64.7 Å². The molecule has 10 heteroatoms. The molecule has 1 aliphatic rings. The van der Waals surface area contributed by atoms with Gasteiger partial charge in [-0.3, -0.25) is 19.2 Å². The molecule has 0 aromatic heterocycles. The number of halogens is 4. The number of Topliss-reactive ketones (excluding diaryl/α,β-unsaturated/α-hetero) is 3. The Bertz CT molecular complexity index is 1260. The van der Waals surface area contributed by atoms with Gasteiger partial charge in [-0.05, 0) is 60.1 Å². The zero-order chi connectivity index (χ0) is 31.2. The lowest BCUT2D eigenvalue weighted by Crippen LogP contribution is -2.41. The van der Waals surface area contributed by atoms with E-state index in [0.29, 0.717) is 16.3 Å². The number of ether oxygens (including phenoxy) is 1. The molecule has 0 radical (unpaired) electrons.